The lowest BCUT2D eigenvalue weighted by Crippen LogP contribution is -2.13. The van der Waals surface area contributed by atoms with Gasteiger partial charge in [-0.25, -0.2) is 0 Å². The molecule has 2 aromatic carbocycles. The molecule has 3 rings (SSSR count). The van der Waals surface area contributed by atoms with E-state index in [1.807, 2.05) is 36.4 Å². The van der Waals surface area contributed by atoms with Gasteiger partial charge in [-0.15, -0.1) is 0 Å². The molecule has 0 radical (unpaired) electrons. The number of oxime groups is 1. The van der Waals surface area contributed by atoms with Crippen molar-refractivity contribution in [3.05, 3.63) is 76.6 Å². The average Bonchev–Trinajstić information content (AvgIpc) is 2.56. The first-order valence-electron chi connectivity index (χ1n) is 6.78. The lowest BCUT2D eigenvalue weighted by atomic mass is 10.1. The van der Waals surface area contributed by atoms with Crippen LogP contribution in [0.15, 0.2) is 70.6 Å². The number of rotatable bonds is 4. The summed E-state index contributed by atoms with van der Waals surface area (Å²) in [6.07, 6.45) is 0. The van der Waals surface area contributed by atoms with Crippen LogP contribution < -0.4 is 10.3 Å². The van der Waals surface area contributed by atoms with Gasteiger partial charge < -0.3 is 14.9 Å². The maximum Gasteiger partial charge on any atom is 0.248 e. The Balaban J connectivity index is 1.78. The van der Waals surface area contributed by atoms with E-state index >= 15 is 0 Å². The van der Waals surface area contributed by atoms with Crippen LogP contribution in [-0.4, -0.2) is 22.5 Å². The fraction of sp³-hybridized carbons (Fsp3) is 0.0588. The van der Waals surface area contributed by atoms with Gasteiger partial charge in [-0.2, -0.15) is 0 Å². The van der Waals surface area contributed by atoms with Crippen LogP contribution >= 0.6 is 0 Å². The molecule has 0 atom stereocenters. The van der Waals surface area contributed by atoms with Crippen molar-refractivity contribution < 1.29 is 9.94 Å². The van der Waals surface area contributed by atoms with Crippen molar-refractivity contribution >= 4 is 16.6 Å². The van der Waals surface area contributed by atoms with E-state index < -0.39 is 0 Å². The molecule has 0 unspecified atom stereocenters. The second-order valence-corrected chi connectivity index (χ2v) is 4.77. The molecular formula is C17H14N2O3. The van der Waals surface area contributed by atoms with Crippen LogP contribution in [0.1, 0.15) is 5.56 Å². The summed E-state index contributed by atoms with van der Waals surface area (Å²) < 4.78 is 5.67. The van der Waals surface area contributed by atoms with E-state index in [0.717, 1.165) is 16.5 Å². The van der Waals surface area contributed by atoms with Gasteiger partial charge >= 0.3 is 0 Å². The van der Waals surface area contributed by atoms with Gasteiger partial charge in [0.15, 0.2) is 0 Å². The highest BCUT2D eigenvalue weighted by Crippen LogP contribution is 2.18. The normalized spacial score (nSPS) is 11.5. The molecule has 0 saturated heterocycles. The van der Waals surface area contributed by atoms with E-state index in [4.69, 9.17) is 9.94 Å². The first-order chi connectivity index (χ1) is 10.8. The zero-order valence-corrected chi connectivity index (χ0v) is 11.7. The summed E-state index contributed by atoms with van der Waals surface area (Å²) in [6, 6.07) is 17.9. The first-order valence-corrected chi connectivity index (χ1v) is 6.78. The Labute approximate surface area is 126 Å². The minimum Gasteiger partial charge on any atom is -0.487 e. The van der Waals surface area contributed by atoms with Crippen LogP contribution in [0.5, 0.6) is 5.75 Å². The van der Waals surface area contributed by atoms with Gasteiger partial charge in [-0.05, 0) is 24.3 Å². The standard InChI is InChI=1S/C17H14N2O3/c20-17-9-6-13-10-14(7-8-15(13)18-17)22-11-16(19-21)12-4-2-1-3-5-12/h1-10,21H,11H2,(H,18,20)/b19-16+. The van der Waals surface area contributed by atoms with E-state index in [-0.39, 0.29) is 12.2 Å². The van der Waals surface area contributed by atoms with Crippen molar-refractivity contribution in [3.63, 3.8) is 0 Å². The van der Waals surface area contributed by atoms with Crippen LogP contribution in [0.3, 0.4) is 0 Å². The highest BCUT2D eigenvalue weighted by molar-refractivity contribution is 6.01. The van der Waals surface area contributed by atoms with Gasteiger partial charge in [0.1, 0.15) is 18.1 Å². The molecule has 5 heteroatoms. The highest BCUT2D eigenvalue weighted by Gasteiger charge is 2.06. The molecule has 0 aliphatic rings. The Morgan fingerprint density at radius 3 is 2.68 bits per heavy atom. The van der Waals surface area contributed by atoms with Crippen molar-refractivity contribution in [2.24, 2.45) is 5.16 Å². The largest absolute Gasteiger partial charge is 0.487 e. The summed E-state index contributed by atoms with van der Waals surface area (Å²) in [7, 11) is 0. The number of hydrogen-bond acceptors (Lipinski definition) is 4. The van der Waals surface area contributed by atoms with Crippen LogP contribution in [0.25, 0.3) is 10.9 Å². The molecule has 5 nitrogen and oxygen atoms in total. The fourth-order valence-corrected chi connectivity index (χ4v) is 2.17. The number of H-pyrrole nitrogens is 1. The molecule has 2 N–H and O–H groups in total. The zero-order valence-electron chi connectivity index (χ0n) is 11.7. The van der Waals surface area contributed by atoms with E-state index in [9.17, 15) is 4.79 Å². The molecule has 0 amide bonds. The number of fused-ring (bicyclic) bond motifs is 1. The smallest absolute Gasteiger partial charge is 0.248 e. The summed E-state index contributed by atoms with van der Waals surface area (Å²) in [6.45, 7) is 0.148. The van der Waals surface area contributed by atoms with Crippen molar-refractivity contribution in [3.8, 4) is 5.75 Å². The Hall–Kier alpha value is -3.08. The predicted octanol–water partition coefficient (Wildman–Crippen LogP) is 2.79. The maximum absolute atomic E-state index is 11.2. The Morgan fingerprint density at radius 2 is 1.91 bits per heavy atom. The monoisotopic (exact) mass is 294 g/mol. The van der Waals surface area contributed by atoms with Crippen LogP contribution in [0.4, 0.5) is 0 Å². The number of aromatic nitrogens is 1. The molecule has 0 aliphatic carbocycles. The number of aromatic amines is 1. The summed E-state index contributed by atoms with van der Waals surface area (Å²) in [5, 5.41) is 13.3. The van der Waals surface area contributed by atoms with E-state index in [2.05, 4.69) is 10.1 Å². The molecule has 3 aromatic rings. The van der Waals surface area contributed by atoms with E-state index in [1.54, 1.807) is 18.2 Å². The van der Waals surface area contributed by atoms with Crippen LogP contribution in [0, 0.1) is 0 Å². The molecule has 0 bridgehead atoms. The number of ether oxygens (including phenoxy) is 1. The van der Waals surface area contributed by atoms with Crippen molar-refractivity contribution in [2.45, 2.75) is 0 Å². The van der Waals surface area contributed by atoms with E-state index in [0.29, 0.717) is 11.5 Å². The van der Waals surface area contributed by atoms with Gasteiger partial charge in [0, 0.05) is 22.5 Å². The maximum atomic E-state index is 11.2. The number of pyridine rings is 1. The number of nitrogens with zero attached hydrogens (tertiary/aromatic N) is 1. The second kappa shape index (κ2) is 6.13. The molecule has 22 heavy (non-hydrogen) atoms. The molecular weight excluding hydrogens is 280 g/mol. The quantitative estimate of drug-likeness (QED) is 0.441. The Bertz CT molecular complexity index is 870. The third-order valence-corrected chi connectivity index (χ3v) is 3.30. The summed E-state index contributed by atoms with van der Waals surface area (Å²) in [5.74, 6) is 0.636. The topological polar surface area (TPSA) is 74.7 Å². The third kappa shape index (κ3) is 2.98. The molecule has 0 fully saturated rings. The summed E-state index contributed by atoms with van der Waals surface area (Å²) >= 11 is 0. The van der Waals surface area contributed by atoms with Crippen LogP contribution in [-0.2, 0) is 0 Å². The number of benzene rings is 2. The van der Waals surface area contributed by atoms with E-state index in [1.165, 1.54) is 6.07 Å². The van der Waals surface area contributed by atoms with Crippen molar-refractivity contribution in [2.75, 3.05) is 6.61 Å². The highest BCUT2D eigenvalue weighted by atomic mass is 16.5. The fourth-order valence-electron chi connectivity index (χ4n) is 2.17. The Morgan fingerprint density at radius 1 is 1.09 bits per heavy atom. The lowest BCUT2D eigenvalue weighted by molar-refractivity contribution is 0.308. The zero-order chi connectivity index (χ0) is 15.4. The third-order valence-electron chi connectivity index (χ3n) is 3.30. The molecule has 0 aliphatic heterocycles. The second-order valence-electron chi connectivity index (χ2n) is 4.77. The summed E-state index contributed by atoms with van der Waals surface area (Å²) in [4.78, 5) is 14.0. The molecule has 1 aromatic heterocycles. The summed E-state index contributed by atoms with van der Waals surface area (Å²) in [5.41, 5.74) is 1.86. The van der Waals surface area contributed by atoms with Gasteiger partial charge in [-0.3, -0.25) is 4.79 Å². The average molecular weight is 294 g/mol. The van der Waals surface area contributed by atoms with Gasteiger partial charge in [0.05, 0.1) is 0 Å². The number of hydrogen-bond donors (Lipinski definition) is 2. The molecule has 1 heterocycles. The predicted molar refractivity (Wildman–Crippen MR) is 84.8 cm³/mol. The first kappa shape index (κ1) is 13.9. The molecule has 0 spiro atoms. The molecule has 110 valence electrons. The van der Waals surface area contributed by atoms with Crippen molar-refractivity contribution in [1.82, 2.24) is 4.98 Å². The molecule has 0 saturated carbocycles. The van der Waals surface area contributed by atoms with Crippen LogP contribution in [0.2, 0.25) is 0 Å². The van der Waals surface area contributed by atoms with Gasteiger partial charge in [0.25, 0.3) is 0 Å². The Kier molecular flexibility index (Phi) is 3.87. The number of nitrogens with one attached hydrogen (secondary N) is 1. The van der Waals surface area contributed by atoms with Gasteiger partial charge in [-0.1, -0.05) is 35.5 Å². The minimum atomic E-state index is -0.139. The van der Waals surface area contributed by atoms with Crippen molar-refractivity contribution in [1.29, 1.82) is 0 Å². The lowest BCUT2D eigenvalue weighted by Gasteiger charge is -2.08. The SMILES string of the molecule is O=c1ccc2cc(OC/C(=N\O)c3ccccc3)ccc2[nH]1. The minimum absolute atomic E-state index is 0.139. The van der Waals surface area contributed by atoms with Gasteiger partial charge in [0.2, 0.25) is 5.56 Å².